The van der Waals surface area contributed by atoms with Crippen LogP contribution in [-0.2, 0) is 14.8 Å². The van der Waals surface area contributed by atoms with Gasteiger partial charge in [0.25, 0.3) is 0 Å². The van der Waals surface area contributed by atoms with E-state index in [1.54, 1.807) is 37.5 Å². The molecule has 2 aromatic rings. The fourth-order valence-corrected chi connectivity index (χ4v) is 9.54. The van der Waals surface area contributed by atoms with Crippen molar-refractivity contribution in [1.82, 2.24) is 14.6 Å². The highest BCUT2D eigenvalue weighted by Gasteiger charge is 2.57. The third kappa shape index (κ3) is 3.25. The molecule has 5 aliphatic rings. The predicted octanol–water partition coefficient (Wildman–Crippen LogP) is 2.83. The van der Waals surface area contributed by atoms with E-state index in [2.05, 4.69) is 10.3 Å². The highest BCUT2D eigenvalue weighted by atomic mass is 32.2. The average molecular weight is 470 g/mol. The summed E-state index contributed by atoms with van der Waals surface area (Å²) in [7, 11) is -3.88. The van der Waals surface area contributed by atoms with Crippen LogP contribution in [0.3, 0.4) is 0 Å². The Hall–Kier alpha value is -2.03. The summed E-state index contributed by atoms with van der Waals surface area (Å²) in [6, 6.07) is 6.93. The van der Waals surface area contributed by atoms with Gasteiger partial charge in [-0.2, -0.15) is 4.31 Å². The van der Waals surface area contributed by atoms with E-state index >= 15 is 0 Å². The van der Waals surface area contributed by atoms with E-state index < -0.39 is 21.2 Å². The Labute approximate surface area is 194 Å². The van der Waals surface area contributed by atoms with Crippen molar-refractivity contribution >= 4 is 26.7 Å². The number of nitrogens with zero attached hydrogens (tertiary/aromatic N) is 2. The van der Waals surface area contributed by atoms with Gasteiger partial charge >= 0.3 is 0 Å². The molecule has 2 unspecified atom stereocenters. The van der Waals surface area contributed by atoms with Crippen LogP contribution < -0.4 is 5.32 Å². The molecule has 1 amide bonds. The fourth-order valence-electron chi connectivity index (χ4n) is 7.51. The van der Waals surface area contributed by atoms with E-state index in [1.807, 2.05) is 6.07 Å². The first kappa shape index (κ1) is 21.5. The predicted molar refractivity (Wildman–Crippen MR) is 124 cm³/mol. The first-order valence-corrected chi connectivity index (χ1v) is 13.5. The largest absolute Gasteiger partial charge is 0.390 e. The van der Waals surface area contributed by atoms with E-state index in [4.69, 9.17) is 0 Å². The van der Waals surface area contributed by atoms with Crippen molar-refractivity contribution in [2.45, 2.75) is 73.9 Å². The number of aliphatic hydroxyl groups is 1. The Kier molecular flexibility index (Phi) is 4.71. The van der Waals surface area contributed by atoms with Crippen LogP contribution in [0, 0.1) is 17.8 Å². The van der Waals surface area contributed by atoms with Gasteiger partial charge in [-0.1, -0.05) is 12.1 Å². The highest BCUT2D eigenvalue weighted by molar-refractivity contribution is 7.89. The lowest BCUT2D eigenvalue weighted by Gasteiger charge is -2.58. The fraction of sp³-hybridized carbons (Fsp3) is 0.600. The van der Waals surface area contributed by atoms with Crippen LogP contribution in [0.15, 0.2) is 41.6 Å². The number of sulfonamides is 1. The van der Waals surface area contributed by atoms with Crippen LogP contribution in [-0.4, -0.2) is 52.4 Å². The van der Waals surface area contributed by atoms with Crippen molar-refractivity contribution in [3.05, 3.63) is 36.7 Å². The molecule has 1 aromatic carbocycles. The minimum atomic E-state index is -3.88. The number of benzene rings is 1. The number of nitrogens with one attached hydrogen (secondary N) is 1. The van der Waals surface area contributed by atoms with Crippen molar-refractivity contribution < 1.29 is 18.3 Å². The van der Waals surface area contributed by atoms with Crippen molar-refractivity contribution in [3.8, 4) is 0 Å². The topological polar surface area (TPSA) is 99.6 Å². The van der Waals surface area contributed by atoms with Crippen LogP contribution >= 0.6 is 0 Å². The van der Waals surface area contributed by atoms with Gasteiger partial charge in [0, 0.05) is 35.8 Å². The Morgan fingerprint density at radius 1 is 1.18 bits per heavy atom. The number of amides is 1. The maximum absolute atomic E-state index is 13.8. The summed E-state index contributed by atoms with van der Waals surface area (Å²) in [5.74, 6) is 0.923. The number of hydrogen-bond acceptors (Lipinski definition) is 5. The van der Waals surface area contributed by atoms with Gasteiger partial charge in [0.15, 0.2) is 0 Å². The van der Waals surface area contributed by atoms with Gasteiger partial charge in [-0.15, -0.1) is 0 Å². The lowest BCUT2D eigenvalue weighted by molar-refractivity contribution is -0.150. The summed E-state index contributed by atoms with van der Waals surface area (Å²) in [5, 5.41) is 15.5. The zero-order valence-electron chi connectivity index (χ0n) is 18.9. The van der Waals surface area contributed by atoms with Gasteiger partial charge in [0.05, 0.1) is 10.5 Å². The normalized spacial score (nSPS) is 38.1. The summed E-state index contributed by atoms with van der Waals surface area (Å²) in [6.07, 6.45) is 8.88. The van der Waals surface area contributed by atoms with E-state index in [9.17, 15) is 18.3 Å². The summed E-state index contributed by atoms with van der Waals surface area (Å²) >= 11 is 0. The molecule has 0 radical (unpaired) electrons. The molecule has 1 aromatic heterocycles. The first-order valence-electron chi connectivity index (χ1n) is 12.1. The number of rotatable bonds is 4. The molecule has 4 bridgehead atoms. The van der Waals surface area contributed by atoms with Crippen molar-refractivity contribution in [2.24, 2.45) is 17.8 Å². The summed E-state index contributed by atoms with van der Waals surface area (Å²) in [6.45, 7) is 2.09. The molecule has 33 heavy (non-hydrogen) atoms. The van der Waals surface area contributed by atoms with E-state index in [-0.39, 0.29) is 28.7 Å². The van der Waals surface area contributed by atoms with Crippen LogP contribution in [0.1, 0.15) is 51.9 Å². The molecule has 1 aliphatic heterocycles. The molecule has 8 heteroatoms. The van der Waals surface area contributed by atoms with Crippen molar-refractivity contribution in [1.29, 1.82) is 0 Å². The number of fused-ring (bicyclic) bond motifs is 1. The number of hydrogen-bond donors (Lipinski definition) is 2. The first-order chi connectivity index (χ1) is 15.7. The molecule has 7 rings (SSSR count). The second-order valence-electron chi connectivity index (χ2n) is 11.0. The third-order valence-corrected chi connectivity index (χ3v) is 10.9. The molecule has 2 N–H and O–H groups in total. The number of carbonyl (C=O) groups excluding carboxylic acids is 1. The molecule has 2 heterocycles. The molecular formula is C25H31N3O4S. The van der Waals surface area contributed by atoms with Gasteiger partial charge in [0.1, 0.15) is 5.54 Å². The number of aromatic nitrogens is 1. The Morgan fingerprint density at radius 3 is 2.67 bits per heavy atom. The van der Waals surface area contributed by atoms with E-state index in [0.29, 0.717) is 30.7 Å². The molecule has 5 fully saturated rings. The second-order valence-corrected chi connectivity index (χ2v) is 12.8. The van der Waals surface area contributed by atoms with Gasteiger partial charge in [0.2, 0.25) is 15.9 Å². The van der Waals surface area contributed by atoms with E-state index in [0.717, 1.165) is 37.5 Å². The van der Waals surface area contributed by atoms with Crippen LogP contribution in [0.5, 0.6) is 0 Å². The molecule has 4 saturated carbocycles. The second kappa shape index (κ2) is 7.23. The maximum atomic E-state index is 13.8. The van der Waals surface area contributed by atoms with Gasteiger partial charge < -0.3 is 10.4 Å². The molecule has 4 aliphatic carbocycles. The Bertz CT molecular complexity index is 1210. The zero-order valence-corrected chi connectivity index (χ0v) is 19.7. The summed E-state index contributed by atoms with van der Waals surface area (Å²) < 4.78 is 29.1. The maximum Gasteiger partial charge on any atom is 0.244 e. The van der Waals surface area contributed by atoms with Crippen LogP contribution in [0.4, 0.5) is 0 Å². The standard InChI is InChI=1S/C25H31N3O4S/c1-24(23(29)27-22-18-10-16-11-19(22)14-25(30,12-16)13-18)7-3-9-28(24)33(31,32)21-5-2-4-17-15-26-8-6-20(17)21/h2,4-6,8,15-16,18-19,22,30H,3,7,9-14H2,1H3,(H,27,29)/t16?,18?,19?,22?,24-,25?/m1/s1. The molecule has 1 saturated heterocycles. The number of carbonyl (C=O) groups is 1. The lowest BCUT2D eigenvalue weighted by Crippen LogP contribution is -2.65. The minimum absolute atomic E-state index is 0.0277. The molecule has 7 nitrogen and oxygen atoms in total. The van der Waals surface area contributed by atoms with Crippen molar-refractivity contribution in [3.63, 3.8) is 0 Å². The third-order valence-electron chi connectivity index (χ3n) is 8.81. The highest BCUT2D eigenvalue weighted by Crippen LogP contribution is 2.55. The Balaban J connectivity index is 1.29. The monoisotopic (exact) mass is 469 g/mol. The zero-order chi connectivity index (χ0) is 23.0. The lowest BCUT2D eigenvalue weighted by atomic mass is 9.52. The minimum Gasteiger partial charge on any atom is -0.390 e. The molecule has 0 spiro atoms. The molecule has 176 valence electrons. The summed E-state index contributed by atoms with van der Waals surface area (Å²) in [4.78, 5) is 18.0. The Morgan fingerprint density at radius 2 is 1.94 bits per heavy atom. The van der Waals surface area contributed by atoms with Gasteiger partial charge in [-0.3, -0.25) is 9.78 Å². The average Bonchev–Trinajstić information content (AvgIpc) is 3.18. The number of pyridine rings is 1. The van der Waals surface area contributed by atoms with Gasteiger partial charge in [-0.05, 0) is 81.8 Å². The molecular weight excluding hydrogens is 438 g/mol. The SMILES string of the molecule is C[C@]1(C(=O)NC2C3CC4CC2CC(O)(C4)C3)CCCN1S(=O)(=O)c1cccc2cnccc12. The van der Waals surface area contributed by atoms with Crippen molar-refractivity contribution in [2.75, 3.05) is 6.54 Å². The van der Waals surface area contributed by atoms with Crippen LogP contribution in [0.25, 0.3) is 10.8 Å². The summed E-state index contributed by atoms with van der Waals surface area (Å²) in [5.41, 5.74) is -1.69. The van der Waals surface area contributed by atoms with E-state index in [1.165, 1.54) is 4.31 Å². The van der Waals surface area contributed by atoms with Crippen LogP contribution in [0.2, 0.25) is 0 Å². The smallest absolute Gasteiger partial charge is 0.244 e. The van der Waals surface area contributed by atoms with Gasteiger partial charge in [-0.25, -0.2) is 8.42 Å². The molecule has 3 atom stereocenters. The quantitative estimate of drug-likeness (QED) is 0.717.